The molecule has 4 rings (SSSR count). The van der Waals surface area contributed by atoms with Gasteiger partial charge in [0.2, 0.25) is 0 Å². The van der Waals surface area contributed by atoms with Gasteiger partial charge in [-0.1, -0.05) is 48.6 Å². The first-order valence-electron chi connectivity index (χ1n) is 8.59. The first kappa shape index (κ1) is 17.0. The van der Waals surface area contributed by atoms with E-state index >= 15 is 0 Å². The summed E-state index contributed by atoms with van der Waals surface area (Å²) in [4.78, 5) is 36.7. The molecule has 5 heteroatoms. The molecule has 134 valence electrons. The predicted octanol–water partition coefficient (Wildman–Crippen LogP) is 3.74. The summed E-state index contributed by atoms with van der Waals surface area (Å²) in [7, 11) is 0. The van der Waals surface area contributed by atoms with Crippen LogP contribution in [0.15, 0.2) is 60.7 Å². The Labute approximate surface area is 155 Å². The van der Waals surface area contributed by atoms with Crippen molar-refractivity contribution in [3.63, 3.8) is 0 Å². The molecule has 27 heavy (non-hydrogen) atoms. The van der Waals surface area contributed by atoms with Gasteiger partial charge < -0.3 is 9.84 Å². The second-order valence-corrected chi connectivity index (χ2v) is 6.44. The maximum Gasteiger partial charge on any atom is 0.336 e. The third-order valence-corrected chi connectivity index (χ3v) is 4.93. The summed E-state index contributed by atoms with van der Waals surface area (Å²) in [6, 6.07) is 10.6. The van der Waals surface area contributed by atoms with Crippen LogP contribution >= 0.6 is 0 Å². The van der Waals surface area contributed by atoms with Crippen LogP contribution in [0, 0.1) is 0 Å². The molecule has 0 fully saturated rings. The highest BCUT2D eigenvalue weighted by Crippen LogP contribution is 2.42. The van der Waals surface area contributed by atoms with Crippen LogP contribution in [0.3, 0.4) is 0 Å². The summed E-state index contributed by atoms with van der Waals surface area (Å²) in [6.07, 6.45) is 5.76. The number of ketones is 1. The number of esters is 1. The number of hydrogen-bond acceptors (Lipinski definition) is 4. The van der Waals surface area contributed by atoms with Crippen molar-refractivity contribution in [1.29, 1.82) is 0 Å². The van der Waals surface area contributed by atoms with E-state index in [1.807, 2.05) is 12.1 Å². The van der Waals surface area contributed by atoms with Crippen molar-refractivity contribution in [2.45, 2.75) is 18.9 Å². The molecule has 0 aromatic heterocycles. The molecule has 0 saturated heterocycles. The van der Waals surface area contributed by atoms with Gasteiger partial charge in [0.15, 0.2) is 5.78 Å². The zero-order chi connectivity index (χ0) is 19.1. The second kappa shape index (κ2) is 6.36. The van der Waals surface area contributed by atoms with Gasteiger partial charge in [0, 0.05) is 23.1 Å². The molecular formula is C22H16O5. The minimum Gasteiger partial charge on any atom is -0.478 e. The number of carboxylic acid groups (broad SMARTS) is 1. The summed E-state index contributed by atoms with van der Waals surface area (Å²) in [5, 5.41) is 9.92. The van der Waals surface area contributed by atoms with E-state index in [9.17, 15) is 19.5 Å². The molecule has 2 aromatic carbocycles. The van der Waals surface area contributed by atoms with Crippen LogP contribution in [0.1, 0.15) is 44.7 Å². The van der Waals surface area contributed by atoms with Gasteiger partial charge in [-0.15, -0.1) is 0 Å². The lowest BCUT2D eigenvalue weighted by molar-refractivity contribution is -0.142. The normalized spacial score (nSPS) is 20.5. The summed E-state index contributed by atoms with van der Waals surface area (Å²) in [5.41, 5.74) is 2.48. The third kappa shape index (κ3) is 2.59. The number of ether oxygens (including phenoxy) is 1. The quantitative estimate of drug-likeness (QED) is 0.568. The third-order valence-electron chi connectivity index (χ3n) is 4.93. The molecule has 0 radical (unpaired) electrons. The molecule has 2 aromatic rings. The van der Waals surface area contributed by atoms with Crippen LogP contribution in [0.2, 0.25) is 0 Å². The Kier molecular flexibility index (Phi) is 4.00. The lowest BCUT2D eigenvalue weighted by Gasteiger charge is -2.27. The van der Waals surface area contributed by atoms with Gasteiger partial charge in [-0.25, -0.2) is 9.59 Å². The van der Waals surface area contributed by atoms with E-state index in [0.717, 1.165) is 5.56 Å². The molecule has 2 atom stereocenters. The fourth-order valence-electron chi connectivity index (χ4n) is 3.81. The van der Waals surface area contributed by atoms with Gasteiger partial charge in [0.05, 0.1) is 5.56 Å². The average Bonchev–Trinajstić information content (AvgIpc) is 2.94. The second-order valence-electron chi connectivity index (χ2n) is 6.44. The van der Waals surface area contributed by atoms with Crippen molar-refractivity contribution in [2.75, 3.05) is 0 Å². The minimum absolute atomic E-state index is 0.0317. The zero-order valence-corrected chi connectivity index (χ0v) is 14.5. The Hall–Kier alpha value is -3.47. The molecule has 1 aliphatic carbocycles. The van der Waals surface area contributed by atoms with E-state index < -0.39 is 24.0 Å². The number of allylic oxidation sites excluding steroid dienone is 1. The topological polar surface area (TPSA) is 80.7 Å². The first-order chi connectivity index (χ1) is 13.0. The van der Waals surface area contributed by atoms with Crippen LogP contribution in [0.4, 0.5) is 0 Å². The van der Waals surface area contributed by atoms with Crippen molar-refractivity contribution in [3.05, 3.63) is 83.0 Å². The van der Waals surface area contributed by atoms with Crippen molar-refractivity contribution in [1.82, 2.24) is 0 Å². The average molecular weight is 360 g/mol. The number of carboxylic acids is 1. The van der Waals surface area contributed by atoms with Crippen LogP contribution in [-0.4, -0.2) is 28.9 Å². The van der Waals surface area contributed by atoms with Gasteiger partial charge in [-0.2, -0.15) is 0 Å². The van der Waals surface area contributed by atoms with Crippen molar-refractivity contribution < 1.29 is 24.2 Å². The van der Waals surface area contributed by atoms with Crippen molar-refractivity contribution in [3.8, 4) is 11.1 Å². The maximum atomic E-state index is 12.9. The summed E-state index contributed by atoms with van der Waals surface area (Å²) >= 11 is 0. The number of hydrogen-bond donors (Lipinski definition) is 1. The maximum absolute atomic E-state index is 12.9. The van der Waals surface area contributed by atoms with Crippen LogP contribution < -0.4 is 0 Å². The van der Waals surface area contributed by atoms with Crippen LogP contribution in [0.25, 0.3) is 11.1 Å². The zero-order valence-electron chi connectivity index (χ0n) is 14.5. The fourth-order valence-corrected chi connectivity index (χ4v) is 3.81. The SMILES string of the molecule is C/C=C/[C@@H]1OC(=O)C=C[C@@H]1c1ccc2c(c1C(=O)O)C(=O)c1ccccc1-2. The van der Waals surface area contributed by atoms with E-state index in [4.69, 9.17) is 4.74 Å². The highest BCUT2D eigenvalue weighted by molar-refractivity contribution is 6.25. The number of aromatic carboxylic acids is 1. The van der Waals surface area contributed by atoms with Crippen LogP contribution in [0.5, 0.6) is 0 Å². The van der Waals surface area contributed by atoms with E-state index in [1.165, 1.54) is 6.08 Å². The molecule has 1 heterocycles. The Balaban J connectivity index is 1.94. The fraction of sp³-hybridized carbons (Fsp3) is 0.136. The molecule has 1 aliphatic heterocycles. The Bertz CT molecular complexity index is 1040. The monoisotopic (exact) mass is 360 g/mol. The van der Waals surface area contributed by atoms with Gasteiger partial charge in [-0.05, 0) is 29.7 Å². The predicted molar refractivity (Wildman–Crippen MR) is 98.8 cm³/mol. The molecule has 2 aliphatic rings. The minimum atomic E-state index is -1.17. The number of cyclic esters (lactones) is 1. The number of fused-ring (bicyclic) bond motifs is 3. The summed E-state index contributed by atoms with van der Waals surface area (Å²) in [6.45, 7) is 1.80. The van der Waals surface area contributed by atoms with Gasteiger partial charge in [0.25, 0.3) is 0 Å². The molecule has 0 amide bonds. The molecular weight excluding hydrogens is 344 g/mol. The highest BCUT2D eigenvalue weighted by atomic mass is 16.5. The van der Waals surface area contributed by atoms with Gasteiger partial charge >= 0.3 is 11.9 Å². The van der Waals surface area contributed by atoms with E-state index in [2.05, 4.69) is 0 Å². The summed E-state index contributed by atoms with van der Waals surface area (Å²) in [5.74, 6) is -2.42. The van der Waals surface area contributed by atoms with Gasteiger partial charge in [0.1, 0.15) is 6.10 Å². The molecule has 0 spiro atoms. The smallest absolute Gasteiger partial charge is 0.336 e. The van der Waals surface area contributed by atoms with Crippen molar-refractivity contribution >= 4 is 17.7 Å². The molecule has 1 N–H and O–H groups in total. The molecule has 5 nitrogen and oxygen atoms in total. The lowest BCUT2D eigenvalue weighted by Crippen LogP contribution is -2.27. The molecule has 0 bridgehead atoms. The van der Waals surface area contributed by atoms with E-state index in [-0.39, 0.29) is 16.9 Å². The summed E-state index contributed by atoms with van der Waals surface area (Å²) < 4.78 is 5.35. The van der Waals surface area contributed by atoms with Crippen molar-refractivity contribution in [2.24, 2.45) is 0 Å². The number of carbonyl (C=O) groups is 3. The number of carbonyl (C=O) groups excluding carboxylic acids is 2. The standard InChI is InChI=1S/C22H16O5/c1-2-5-17-13(10-11-18(23)27-17)15-9-8-14-12-6-3-4-7-16(12)21(24)19(14)20(15)22(25)26/h2-11,13,17H,1H3,(H,25,26)/b5-2+/t13-,17+/m1/s1. The van der Waals surface area contributed by atoms with Gasteiger partial charge in [-0.3, -0.25) is 4.79 Å². The Morgan fingerprint density at radius 1 is 1.07 bits per heavy atom. The Morgan fingerprint density at radius 2 is 1.81 bits per heavy atom. The van der Waals surface area contributed by atoms with E-state index in [0.29, 0.717) is 16.7 Å². The first-order valence-corrected chi connectivity index (χ1v) is 8.59. The lowest BCUT2D eigenvalue weighted by atomic mass is 9.84. The highest BCUT2D eigenvalue weighted by Gasteiger charge is 2.36. The Morgan fingerprint density at radius 3 is 2.52 bits per heavy atom. The van der Waals surface area contributed by atoms with Crippen LogP contribution in [-0.2, 0) is 9.53 Å². The molecule has 0 saturated carbocycles. The van der Waals surface area contributed by atoms with E-state index in [1.54, 1.807) is 49.4 Å². The molecule has 0 unspecified atom stereocenters. The largest absolute Gasteiger partial charge is 0.478 e. The number of benzene rings is 2. The number of rotatable bonds is 3.